The van der Waals surface area contributed by atoms with Gasteiger partial charge in [0.2, 0.25) is 0 Å². The lowest BCUT2D eigenvalue weighted by Crippen LogP contribution is -2.24. The highest BCUT2D eigenvalue weighted by molar-refractivity contribution is 6.30. The molecule has 2 rings (SSSR count). The van der Waals surface area contributed by atoms with Gasteiger partial charge < -0.3 is 4.74 Å². The maximum absolute atomic E-state index is 11.8. The molecule has 0 aliphatic heterocycles. The monoisotopic (exact) mass is 236 g/mol. The third-order valence-corrected chi connectivity index (χ3v) is 3.46. The Kier molecular flexibility index (Phi) is 2.76. The van der Waals surface area contributed by atoms with Crippen molar-refractivity contribution in [2.24, 2.45) is 5.92 Å². The van der Waals surface area contributed by atoms with E-state index < -0.39 is 5.41 Å². The highest BCUT2D eigenvalue weighted by Gasteiger charge is 2.60. The van der Waals surface area contributed by atoms with E-state index in [9.17, 15) is 4.79 Å². The number of benzene rings is 1. The van der Waals surface area contributed by atoms with E-state index in [0.717, 1.165) is 12.0 Å². The Morgan fingerprint density at radius 2 is 2.19 bits per heavy atom. The molecule has 84 valence electrons. The van der Waals surface area contributed by atoms with Crippen LogP contribution in [-0.2, 0) is 14.9 Å². The first-order valence-corrected chi connectivity index (χ1v) is 5.50. The summed E-state index contributed by atoms with van der Waals surface area (Å²) >= 11 is 5.83. The Morgan fingerprint density at radius 3 is 2.62 bits per heavy atom. The third kappa shape index (κ3) is 1.54. The molecule has 1 aromatic carbocycles. The van der Waals surface area contributed by atoms with Crippen molar-refractivity contribution in [3.63, 3.8) is 0 Å². The standard InChI is InChI=1S/C13H13ClO2/c1-3-9-8-13(9,12(15)16-2)10-4-6-11(14)7-5-10/h3-7,9H,1,8H2,2H3. The fourth-order valence-corrected chi connectivity index (χ4v) is 2.31. The van der Waals surface area contributed by atoms with Crippen molar-refractivity contribution < 1.29 is 9.53 Å². The van der Waals surface area contributed by atoms with Gasteiger partial charge in [0.1, 0.15) is 0 Å². The van der Waals surface area contributed by atoms with Gasteiger partial charge in [-0.25, -0.2) is 0 Å². The molecule has 0 N–H and O–H groups in total. The summed E-state index contributed by atoms with van der Waals surface area (Å²) in [6.07, 6.45) is 2.58. The quantitative estimate of drug-likeness (QED) is 0.596. The van der Waals surface area contributed by atoms with Crippen LogP contribution >= 0.6 is 11.6 Å². The van der Waals surface area contributed by atoms with E-state index >= 15 is 0 Å². The number of halogens is 1. The molecular formula is C13H13ClO2. The molecule has 0 bridgehead atoms. The molecule has 0 spiro atoms. The normalized spacial score (nSPS) is 27.2. The Hall–Kier alpha value is -1.28. The van der Waals surface area contributed by atoms with Crippen LogP contribution in [-0.4, -0.2) is 13.1 Å². The summed E-state index contributed by atoms with van der Waals surface area (Å²) in [5.74, 6) is -0.0270. The van der Waals surface area contributed by atoms with Gasteiger partial charge in [-0.3, -0.25) is 4.79 Å². The number of methoxy groups -OCH3 is 1. The van der Waals surface area contributed by atoms with Crippen LogP contribution < -0.4 is 0 Å². The van der Waals surface area contributed by atoms with Crippen molar-refractivity contribution >= 4 is 17.6 Å². The molecule has 16 heavy (non-hydrogen) atoms. The van der Waals surface area contributed by atoms with Gasteiger partial charge in [-0.05, 0) is 30.0 Å². The summed E-state index contributed by atoms with van der Waals surface area (Å²) < 4.78 is 4.87. The lowest BCUT2D eigenvalue weighted by atomic mass is 9.93. The zero-order valence-electron chi connectivity index (χ0n) is 9.07. The van der Waals surface area contributed by atoms with Crippen LogP contribution in [0.25, 0.3) is 0 Å². The first-order chi connectivity index (χ1) is 7.65. The first-order valence-electron chi connectivity index (χ1n) is 5.12. The molecule has 2 nitrogen and oxygen atoms in total. The van der Waals surface area contributed by atoms with Gasteiger partial charge in [0.15, 0.2) is 0 Å². The van der Waals surface area contributed by atoms with Crippen molar-refractivity contribution in [1.29, 1.82) is 0 Å². The van der Waals surface area contributed by atoms with E-state index in [0.29, 0.717) is 5.02 Å². The smallest absolute Gasteiger partial charge is 0.316 e. The summed E-state index contributed by atoms with van der Waals surface area (Å²) in [5.41, 5.74) is 0.426. The molecule has 1 fully saturated rings. The minimum Gasteiger partial charge on any atom is -0.468 e. The zero-order valence-corrected chi connectivity index (χ0v) is 9.83. The molecule has 0 aromatic heterocycles. The summed E-state index contributed by atoms with van der Waals surface area (Å²) in [6, 6.07) is 7.34. The number of hydrogen-bond donors (Lipinski definition) is 0. The summed E-state index contributed by atoms with van der Waals surface area (Å²) in [7, 11) is 1.42. The first kappa shape index (κ1) is 11.2. The Labute approximate surface area is 99.9 Å². The maximum atomic E-state index is 11.8. The molecule has 1 aliphatic carbocycles. The zero-order chi connectivity index (χ0) is 11.8. The van der Waals surface area contributed by atoms with Crippen LogP contribution in [0.4, 0.5) is 0 Å². The number of hydrogen-bond acceptors (Lipinski definition) is 2. The number of carbonyl (C=O) groups excluding carboxylic acids is 1. The van der Waals surface area contributed by atoms with Crippen molar-refractivity contribution in [2.45, 2.75) is 11.8 Å². The van der Waals surface area contributed by atoms with Gasteiger partial charge in [0.05, 0.1) is 12.5 Å². The maximum Gasteiger partial charge on any atom is 0.316 e. The molecule has 0 radical (unpaired) electrons. The molecular weight excluding hydrogens is 224 g/mol. The van der Waals surface area contributed by atoms with E-state index in [1.165, 1.54) is 7.11 Å². The van der Waals surface area contributed by atoms with Crippen LogP contribution in [0.3, 0.4) is 0 Å². The molecule has 1 aliphatic rings. The van der Waals surface area contributed by atoms with Gasteiger partial charge in [-0.1, -0.05) is 29.8 Å². The number of esters is 1. The highest BCUT2D eigenvalue weighted by Crippen LogP contribution is 2.55. The number of carbonyl (C=O) groups is 1. The largest absolute Gasteiger partial charge is 0.468 e. The van der Waals surface area contributed by atoms with Crippen LogP contribution in [0.5, 0.6) is 0 Å². The second kappa shape index (κ2) is 3.95. The highest BCUT2D eigenvalue weighted by atomic mass is 35.5. The van der Waals surface area contributed by atoms with E-state index in [1.807, 2.05) is 18.2 Å². The molecule has 2 atom stereocenters. The van der Waals surface area contributed by atoms with Crippen LogP contribution in [0.1, 0.15) is 12.0 Å². The molecule has 0 saturated heterocycles. The fraction of sp³-hybridized carbons (Fsp3) is 0.308. The lowest BCUT2D eigenvalue weighted by Gasteiger charge is -2.14. The molecule has 0 amide bonds. The van der Waals surface area contributed by atoms with Crippen molar-refractivity contribution in [2.75, 3.05) is 7.11 Å². The predicted molar refractivity (Wildman–Crippen MR) is 63.5 cm³/mol. The third-order valence-electron chi connectivity index (χ3n) is 3.21. The average molecular weight is 237 g/mol. The van der Waals surface area contributed by atoms with Gasteiger partial charge in [0.25, 0.3) is 0 Å². The Balaban J connectivity index is 2.38. The van der Waals surface area contributed by atoms with Crippen LogP contribution in [0.2, 0.25) is 5.02 Å². The average Bonchev–Trinajstić information content (AvgIpc) is 3.04. The number of allylic oxidation sites excluding steroid dienone is 1. The number of rotatable bonds is 3. The molecule has 1 aromatic rings. The van der Waals surface area contributed by atoms with Gasteiger partial charge in [-0.2, -0.15) is 0 Å². The second-order valence-corrected chi connectivity index (χ2v) is 4.45. The van der Waals surface area contributed by atoms with Crippen molar-refractivity contribution in [3.05, 3.63) is 47.5 Å². The van der Waals surface area contributed by atoms with Crippen molar-refractivity contribution in [1.82, 2.24) is 0 Å². The predicted octanol–water partition coefficient (Wildman–Crippen LogP) is 2.96. The van der Waals surface area contributed by atoms with Gasteiger partial charge >= 0.3 is 5.97 Å². The Morgan fingerprint density at radius 1 is 1.56 bits per heavy atom. The summed E-state index contributed by atoms with van der Waals surface area (Å²) in [6.45, 7) is 3.74. The van der Waals surface area contributed by atoms with E-state index in [1.54, 1.807) is 12.1 Å². The summed E-state index contributed by atoms with van der Waals surface area (Å²) in [5, 5.41) is 0.666. The lowest BCUT2D eigenvalue weighted by molar-refractivity contribution is -0.144. The topological polar surface area (TPSA) is 26.3 Å². The minimum absolute atomic E-state index is 0.168. The van der Waals surface area contributed by atoms with Crippen molar-refractivity contribution in [3.8, 4) is 0 Å². The molecule has 2 unspecified atom stereocenters. The molecule has 0 heterocycles. The van der Waals surface area contributed by atoms with E-state index in [-0.39, 0.29) is 11.9 Å². The van der Waals surface area contributed by atoms with Crippen LogP contribution in [0.15, 0.2) is 36.9 Å². The Bertz CT molecular complexity index is 424. The van der Waals surface area contributed by atoms with Gasteiger partial charge in [0, 0.05) is 5.02 Å². The van der Waals surface area contributed by atoms with Gasteiger partial charge in [-0.15, -0.1) is 6.58 Å². The number of ether oxygens (including phenoxy) is 1. The van der Waals surface area contributed by atoms with E-state index in [4.69, 9.17) is 16.3 Å². The molecule has 3 heteroatoms. The van der Waals surface area contributed by atoms with E-state index in [2.05, 4.69) is 6.58 Å². The molecule has 1 saturated carbocycles. The van der Waals surface area contributed by atoms with Crippen LogP contribution in [0, 0.1) is 5.92 Å². The minimum atomic E-state index is -0.527. The summed E-state index contributed by atoms with van der Waals surface area (Å²) in [4.78, 5) is 11.8. The SMILES string of the molecule is C=CC1CC1(C(=O)OC)c1ccc(Cl)cc1. The second-order valence-electron chi connectivity index (χ2n) is 4.02. The fourth-order valence-electron chi connectivity index (χ4n) is 2.19.